The molecule has 1 spiro atoms. The van der Waals surface area contributed by atoms with E-state index in [1.807, 2.05) is 9.47 Å². The fourth-order valence-electron chi connectivity index (χ4n) is 5.08. The van der Waals surface area contributed by atoms with Gasteiger partial charge in [-0.05, 0) is 55.4 Å². The number of methoxy groups -OCH3 is 2. The maximum absolute atomic E-state index is 13.2. The summed E-state index contributed by atoms with van der Waals surface area (Å²) in [5.41, 5.74) is 2.03. The van der Waals surface area contributed by atoms with E-state index in [2.05, 4.69) is 22.3 Å². The van der Waals surface area contributed by atoms with Crippen LogP contribution in [0.25, 0.3) is 0 Å². The third kappa shape index (κ3) is 3.05. The third-order valence-corrected chi connectivity index (χ3v) is 6.76. The number of aryl methyl sites for hydroxylation is 1. The van der Waals surface area contributed by atoms with Crippen molar-refractivity contribution in [2.24, 2.45) is 0 Å². The van der Waals surface area contributed by atoms with Gasteiger partial charge in [0.25, 0.3) is 5.91 Å². The van der Waals surface area contributed by atoms with Crippen molar-refractivity contribution in [1.29, 1.82) is 0 Å². The van der Waals surface area contributed by atoms with Crippen LogP contribution in [0.5, 0.6) is 11.5 Å². The average molecular weight is 412 g/mol. The highest BCUT2D eigenvalue weighted by Gasteiger charge is 2.43. The molecular weight excluding hydrogens is 384 g/mol. The Kier molecular flexibility index (Phi) is 4.89. The number of nitrogens with zero attached hydrogens (tertiary/aromatic N) is 4. The molecule has 1 aromatic carbocycles. The minimum absolute atomic E-state index is 0.0196. The summed E-state index contributed by atoms with van der Waals surface area (Å²) in [5.74, 6) is 2.86. The van der Waals surface area contributed by atoms with Crippen LogP contribution in [0.3, 0.4) is 0 Å². The molecule has 8 nitrogen and oxygen atoms in total. The first kappa shape index (κ1) is 19.4. The molecule has 1 aromatic heterocycles. The Hall–Kier alpha value is -2.61. The molecule has 8 heteroatoms. The van der Waals surface area contributed by atoms with E-state index in [1.54, 1.807) is 14.2 Å². The van der Waals surface area contributed by atoms with E-state index in [9.17, 15) is 4.79 Å². The fourth-order valence-corrected chi connectivity index (χ4v) is 5.08. The quantitative estimate of drug-likeness (QED) is 0.770. The molecule has 0 unspecified atom stereocenters. The molecule has 3 aliphatic heterocycles. The zero-order valence-corrected chi connectivity index (χ0v) is 17.6. The van der Waals surface area contributed by atoms with Gasteiger partial charge in [0.05, 0.1) is 26.4 Å². The van der Waals surface area contributed by atoms with Crippen molar-refractivity contribution in [3.8, 4) is 11.5 Å². The minimum Gasteiger partial charge on any atom is -0.493 e. The van der Waals surface area contributed by atoms with Crippen molar-refractivity contribution in [2.45, 2.75) is 50.7 Å². The molecule has 1 fully saturated rings. The minimum atomic E-state index is -0.381. The highest BCUT2D eigenvalue weighted by Crippen LogP contribution is 2.45. The maximum Gasteiger partial charge on any atom is 0.291 e. The van der Waals surface area contributed by atoms with E-state index in [1.165, 1.54) is 11.1 Å². The Morgan fingerprint density at radius 1 is 1.03 bits per heavy atom. The van der Waals surface area contributed by atoms with Crippen LogP contribution >= 0.6 is 0 Å². The number of amides is 1. The predicted molar refractivity (Wildman–Crippen MR) is 109 cm³/mol. The summed E-state index contributed by atoms with van der Waals surface area (Å²) < 4.78 is 19.4. The second-order valence-corrected chi connectivity index (χ2v) is 8.30. The number of benzene rings is 1. The molecule has 0 bridgehead atoms. The topological polar surface area (TPSA) is 78.7 Å². The van der Waals surface area contributed by atoms with Crippen molar-refractivity contribution in [1.82, 2.24) is 19.7 Å². The van der Waals surface area contributed by atoms with Gasteiger partial charge in [0, 0.05) is 26.1 Å². The largest absolute Gasteiger partial charge is 0.493 e. The SMILES string of the molecule is COc1cc2c(cc1OC)C1(CCN(C(=O)c3nnc4n3CCCC4)CC1)OCC2. The van der Waals surface area contributed by atoms with E-state index in [0.29, 0.717) is 25.5 Å². The van der Waals surface area contributed by atoms with Gasteiger partial charge in [-0.25, -0.2) is 0 Å². The number of piperidine rings is 1. The van der Waals surface area contributed by atoms with Gasteiger partial charge < -0.3 is 23.7 Å². The second-order valence-electron chi connectivity index (χ2n) is 8.30. The van der Waals surface area contributed by atoms with Gasteiger partial charge >= 0.3 is 0 Å². The highest BCUT2D eigenvalue weighted by molar-refractivity contribution is 5.90. The van der Waals surface area contributed by atoms with Crippen molar-refractivity contribution < 1.29 is 19.0 Å². The Bertz CT molecular complexity index is 962. The first-order chi connectivity index (χ1) is 14.6. The van der Waals surface area contributed by atoms with Gasteiger partial charge in [-0.15, -0.1) is 10.2 Å². The van der Waals surface area contributed by atoms with Gasteiger partial charge in [-0.1, -0.05) is 0 Å². The van der Waals surface area contributed by atoms with E-state index in [-0.39, 0.29) is 11.5 Å². The number of hydrogen-bond donors (Lipinski definition) is 0. The Morgan fingerprint density at radius 3 is 2.57 bits per heavy atom. The Balaban J connectivity index is 1.37. The Morgan fingerprint density at radius 2 is 1.80 bits per heavy atom. The number of fused-ring (bicyclic) bond motifs is 3. The summed E-state index contributed by atoms with van der Waals surface area (Å²) in [7, 11) is 3.31. The lowest BCUT2D eigenvalue weighted by Gasteiger charge is -2.45. The molecule has 5 rings (SSSR count). The summed E-state index contributed by atoms with van der Waals surface area (Å²) >= 11 is 0. The summed E-state index contributed by atoms with van der Waals surface area (Å²) in [4.78, 5) is 15.1. The molecule has 0 N–H and O–H groups in total. The monoisotopic (exact) mass is 412 g/mol. The number of likely N-dealkylation sites (tertiary alicyclic amines) is 1. The average Bonchev–Trinajstić information content (AvgIpc) is 3.23. The summed E-state index contributed by atoms with van der Waals surface area (Å²) in [6.07, 6.45) is 5.45. The van der Waals surface area contributed by atoms with Crippen LogP contribution in [-0.2, 0) is 29.7 Å². The maximum atomic E-state index is 13.2. The second kappa shape index (κ2) is 7.58. The molecule has 3 aliphatic rings. The van der Waals surface area contributed by atoms with Crippen LogP contribution in [0.4, 0.5) is 0 Å². The lowest BCUT2D eigenvalue weighted by molar-refractivity contribution is -0.0937. The van der Waals surface area contributed by atoms with Gasteiger partial charge in [-0.3, -0.25) is 4.79 Å². The third-order valence-electron chi connectivity index (χ3n) is 6.76. The van der Waals surface area contributed by atoms with Gasteiger partial charge in [0.15, 0.2) is 11.5 Å². The fraction of sp³-hybridized carbons (Fsp3) is 0.591. The standard InChI is InChI=1S/C22H28N4O4/c1-28-17-13-15-6-12-30-22(16(15)14-18(17)29-2)7-10-25(11-8-22)21(27)20-24-23-19-5-3-4-9-26(19)20/h13-14H,3-12H2,1-2H3. The number of ether oxygens (including phenoxy) is 3. The summed E-state index contributed by atoms with van der Waals surface area (Å²) in [6, 6.07) is 4.12. The first-order valence-corrected chi connectivity index (χ1v) is 10.8. The van der Waals surface area contributed by atoms with E-state index >= 15 is 0 Å². The molecule has 0 aliphatic carbocycles. The molecule has 1 amide bonds. The number of carbonyl (C=O) groups is 1. The number of aromatic nitrogens is 3. The van der Waals surface area contributed by atoms with Gasteiger partial charge in [0.1, 0.15) is 5.82 Å². The van der Waals surface area contributed by atoms with Crippen molar-refractivity contribution in [2.75, 3.05) is 33.9 Å². The lowest BCUT2D eigenvalue weighted by Crippen LogP contribution is -2.48. The highest BCUT2D eigenvalue weighted by atomic mass is 16.5. The van der Waals surface area contributed by atoms with E-state index < -0.39 is 0 Å². The Labute approximate surface area is 176 Å². The van der Waals surface area contributed by atoms with Crippen molar-refractivity contribution in [3.63, 3.8) is 0 Å². The first-order valence-electron chi connectivity index (χ1n) is 10.8. The molecule has 30 heavy (non-hydrogen) atoms. The van der Waals surface area contributed by atoms with E-state index in [4.69, 9.17) is 14.2 Å². The van der Waals surface area contributed by atoms with Gasteiger partial charge in [0.2, 0.25) is 5.82 Å². The summed E-state index contributed by atoms with van der Waals surface area (Å²) in [6.45, 7) is 2.77. The molecule has 0 atom stereocenters. The molecule has 0 saturated carbocycles. The molecule has 2 aromatic rings. The van der Waals surface area contributed by atoms with Crippen LogP contribution < -0.4 is 9.47 Å². The van der Waals surface area contributed by atoms with Crippen LogP contribution in [0.1, 0.15) is 53.3 Å². The van der Waals surface area contributed by atoms with Crippen molar-refractivity contribution in [3.05, 3.63) is 34.9 Å². The van der Waals surface area contributed by atoms with Crippen LogP contribution in [0.15, 0.2) is 12.1 Å². The number of carbonyl (C=O) groups excluding carboxylic acids is 1. The summed E-state index contributed by atoms with van der Waals surface area (Å²) in [5, 5.41) is 8.45. The zero-order chi connectivity index (χ0) is 20.7. The zero-order valence-electron chi connectivity index (χ0n) is 17.6. The predicted octanol–water partition coefficient (Wildman–Crippen LogP) is 2.34. The smallest absolute Gasteiger partial charge is 0.291 e. The molecule has 160 valence electrons. The van der Waals surface area contributed by atoms with Crippen molar-refractivity contribution >= 4 is 5.91 Å². The van der Waals surface area contributed by atoms with Crippen LogP contribution in [0, 0.1) is 0 Å². The van der Waals surface area contributed by atoms with Crippen LogP contribution in [0.2, 0.25) is 0 Å². The van der Waals surface area contributed by atoms with Gasteiger partial charge in [-0.2, -0.15) is 0 Å². The molecule has 4 heterocycles. The lowest BCUT2D eigenvalue weighted by atomic mass is 9.79. The number of hydrogen-bond acceptors (Lipinski definition) is 6. The molecule has 1 saturated heterocycles. The molecular formula is C22H28N4O4. The number of rotatable bonds is 3. The molecule has 0 radical (unpaired) electrons. The van der Waals surface area contributed by atoms with Crippen LogP contribution in [-0.4, -0.2) is 59.5 Å². The van der Waals surface area contributed by atoms with E-state index in [0.717, 1.165) is 62.4 Å². The normalized spacial score (nSPS) is 19.9.